The topological polar surface area (TPSA) is 89.8 Å². The minimum Gasteiger partial charge on any atom is -0.383 e. The van der Waals surface area contributed by atoms with Crippen molar-refractivity contribution in [1.82, 2.24) is 9.97 Å². The van der Waals surface area contributed by atoms with Crippen LogP contribution < -0.4 is 16.8 Å². The first-order valence-corrected chi connectivity index (χ1v) is 4.39. The van der Waals surface area contributed by atoms with E-state index >= 15 is 0 Å². The minimum atomic E-state index is 0.179. The molecule has 5 nitrogen and oxygen atoms in total. The molecule has 14 heavy (non-hydrogen) atoms. The van der Waals surface area contributed by atoms with E-state index in [-0.39, 0.29) is 12.0 Å². The molecule has 0 amide bonds. The van der Waals surface area contributed by atoms with E-state index in [1.165, 1.54) is 0 Å². The molecular formula is C9H15N5. The van der Waals surface area contributed by atoms with Gasteiger partial charge in [0.05, 0.1) is 0 Å². The number of nitrogens with one attached hydrogen (secondary N) is 1. The summed E-state index contributed by atoms with van der Waals surface area (Å²) in [6.07, 6.45) is 2.69. The van der Waals surface area contributed by atoms with Gasteiger partial charge in [-0.05, 0) is 13.3 Å². The highest BCUT2D eigenvalue weighted by molar-refractivity contribution is 5.48. The Kier molecular flexibility index (Phi) is 3.28. The highest BCUT2D eigenvalue weighted by atomic mass is 15.1. The van der Waals surface area contributed by atoms with Crippen LogP contribution in [0.25, 0.3) is 0 Å². The van der Waals surface area contributed by atoms with Crippen molar-refractivity contribution in [2.75, 3.05) is 16.8 Å². The fourth-order valence-corrected chi connectivity index (χ4v) is 1.12. The van der Waals surface area contributed by atoms with Crippen LogP contribution in [-0.4, -0.2) is 16.0 Å². The van der Waals surface area contributed by atoms with Crippen molar-refractivity contribution in [3.63, 3.8) is 0 Å². The summed E-state index contributed by atoms with van der Waals surface area (Å²) in [6.45, 7) is 5.68. The molecule has 0 fully saturated rings. The number of hydrogen-bond donors (Lipinski definition) is 3. The first-order chi connectivity index (χ1) is 6.61. The third-order valence-electron chi connectivity index (χ3n) is 1.68. The van der Waals surface area contributed by atoms with Gasteiger partial charge in [0.2, 0.25) is 5.95 Å². The molecule has 0 aliphatic carbocycles. The van der Waals surface area contributed by atoms with Gasteiger partial charge in [0.25, 0.3) is 0 Å². The quantitative estimate of drug-likeness (QED) is 0.621. The largest absolute Gasteiger partial charge is 0.383 e. The third kappa shape index (κ3) is 2.93. The van der Waals surface area contributed by atoms with Crippen molar-refractivity contribution in [3.05, 3.63) is 18.7 Å². The number of nitrogens with two attached hydrogens (primary N) is 2. The number of nitrogens with zero attached hydrogens (tertiary/aromatic N) is 2. The highest BCUT2D eigenvalue weighted by Gasteiger charge is 2.02. The molecular weight excluding hydrogens is 178 g/mol. The molecule has 0 bridgehead atoms. The number of anilines is 3. The summed E-state index contributed by atoms with van der Waals surface area (Å²) in [6, 6.07) is 1.90. The fraction of sp³-hybridized carbons (Fsp3) is 0.333. The zero-order valence-electron chi connectivity index (χ0n) is 8.20. The van der Waals surface area contributed by atoms with E-state index in [1.54, 1.807) is 6.07 Å². The molecule has 0 radical (unpaired) electrons. The Bertz CT molecular complexity index is 303. The molecule has 5 N–H and O–H groups in total. The lowest BCUT2D eigenvalue weighted by atomic mass is 10.2. The molecule has 0 spiro atoms. The van der Waals surface area contributed by atoms with E-state index in [0.717, 1.165) is 6.42 Å². The maximum atomic E-state index is 5.52. The van der Waals surface area contributed by atoms with Crippen molar-refractivity contribution in [1.29, 1.82) is 0 Å². The van der Waals surface area contributed by atoms with Crippen LogP contribution in [0.4, 0.5) is 17.6 Å². The summed E-state index contributed by atoms with van der Waals surface area (Å²) in [5, 5.41) is 3.14. The third-order valence-corrected chi connectivity index (χ3v) is 1.68. The fourth-order valence-electron chi connectivity index (χ4n) is 1.12. The molecule has 0 saturated heterocycles. The zero-order valence-corrected chi connectivity index (χ0v) is 8.20. The van der Waals surface area contributed by atoms with Crippen LogP contribution in [0.15, 0.2) is 18.7 Å². The molecule has 0 aliphatic heterocycles. The van der Waals surface area contributed by atoms with Crippen molar-refractivity contribution in [2.45, 2.75) is 19.4 Å². The highest BCUT2D eigenvalue weighted by Crippen LogP contribution is 2.11. The predicted octanol–water partition coefficient (Wildman–Crippen LogP) is 1.02. The smallest absolute Gasteiger partial charge is 0.223 e. The van der Waals surface area contributed by atoms with Gasteiger partial charge in [0, 0.05) is 12.1 Å². The molecule has 1 atom stereocenters. The lowest BCUT2D eigenvalue weighted by Crippen LogP contribution is -2.16. The van der Waals surface area contributed by atoms with Crippen LogP contribution in [0.1, 0.15) is 13.3 Å². The molecule has 0 aromatic carbocycles. The summed E-state index contributed by atoms with van der Waals surface area (Å²) >= 11 is 0. The van der Waals surface area contributed by atoms with Crippen LogP contribution in [0.5, 0.6) is 0 Å². The second-order valence-corrected chi connectivity index (χ2v) is 3.11. The van der Waals surface area contributed by atoms with E-state index in [2.05, 4.69) is 21.9 Å². The maximum absolute atomic E-state index is 5.52. The van der Waals surface area contributed by atoms with Gasteiger partial charge in [-0.25, -0.2) is 0 Å². The Labute approximate surface area is 83.2 Å². The summed E-state index contributed by atoms with van der Waals surface area (Å²) in [4.78, 5) is 7.77. The lowest BCUT2D eigenvalue weighted by Gasteiger charge is -2.12. The minimum absolute atomic E-state index is 0.179. The second kappa shape index (κ2) is 4.45. The Morgan fingerprint density at radius 3 is 2.86 bits per heavy atom. The molecule has 1 unspecified atom stereocenters. The number of aromatic nitrogens is 2. The van der Waals surface area contributed by atoms with Gasteiger partial charge in [-0.3, -0.25) is 0 Å². The molecule has 0 saturated carbocycles. The Hall–Kier alpha value is -1.78. The molecule has 1 aromatic heterocycles. The first kappa shape index (κ1) is 10.3. The van der Waals surface area contributed by atoms with Crippen molar-refractivity contribution in [3.8, 4) is 0 Å². The predicted molar refractivity (Wildman–Crippen MR) is 58.8 cm³/mol. The molecule has 1 heterocycles. The number of nitrogen functional groups attached to an aromatic ring is 2. The van der Waals surface area contributed by atoms with E-state index in [9.17, 15) is 0 Å². The van der Waals surface area contributed by atoms with Gasteiger partial charge in [0.15, 0.2) is 0 Å². The average Bonchev–Trinajstić information content (AvgIpc) is 2.01. The van der Waals surface area contributed by atoms with Gasteiger partial charge >= 0.3 is 0 Å². The van der Waals surface area contributed by atoms with Gasteiger partial charge < -0.3 is 16.8 Å². The summed E-state index contributed by atoms with van der Waals surface area (Å²) in [5.41, 5.74) is 11.0. The Morgan fingerprint density at radius 1 is 1.57 bits per heavy atom. The SMILES string of the molecule is C=CCC(C)Nc1cc(N)nc(N)n1. The Balaban J connectivity index is 2.71. The summed E-state index contributed by atoms with van der Waals surface area (Å²) in [7, 11) is 0. The van der Waals surface area contributed by atoms with E-state index in [0.29, 0.717) is 11.6 Å². The van der Waals surface area contributed by atoms with Gasteiger partial charge in [-0.1, -0.05) is 6.08 Å². The van der Waals surface area contributed by atoms with Crippen LogP contribution in [0, 0.1) is 0 Å². The standard InChI is InChI=1S/C9H15N5/c1-3-4-6(2)12-8-5-7(10)13-9(11)14-8/h3,5-6H,1,4H2,2H3,(H5,10,11,12,13,14). The number of hydrogen-bond acceptors (Lipinski definition) is 5. The van der Waals surface area contributed by atoms with Gasteiger partial charge in [-0.2, -0.15) is 9.97 Å². The van der Waals surface area contributed by atoms with Crippen molar-refractivity contribution < 1.29 is 0 Å². The first-order valence-electron chi connectivity index (χ1n) is 4.39. The Morgan fingerprint density at radius 2 is 2.29 bits per heavy atom. The van der Waals surface area contributed by atoms with Gasteiger partial charge in [-0.15, -0.1) is 6.58 Å². The van der Waals surface area contributed by atoms with Crippen LogP contribution >= 0.6 is 0 Å². The molecule has 1 aromatic rings. The maximum Gasteiger partial charge on any atom is 0.223 e. The van der Waals surface area contributed by atoms with Crippen LogP contribution in [-0.2, 0) is 0 Å². The van der Waals surface area contributed by atoms with Crippen LogP contribution in [0.3, 0.4) is 0 Å². The summed E-state index contributed by atoms with van der Waals surface area (Å²) < 4.78 is 0. The molecule has 0 aliphatic rings. The molecule has 1 rings (SSSR count). The van der Waals surface area contributed by atoms with E-state index < -0.39 is 0 Å². The zero-order chi connectivity index (χ0) is 10.6. The van der Waals surface area contributed by atoms with Crippen molar-refractivity contribution >= 4 is 17.6 Å². The monoisotopic (exact) mass is 193 g/mol. The lowest BCUT2D eigenvalue weighted by molar-refractivity contribution is 0.807. The molecule has 5 heteroatoms. The van der Waals surface area contributed by atoms with Crippen LogP contribution in [0.2, 0.25) is 0 Å². The summed E-state index contributed by atoms with van der Waals surface area (Å²) in [5.74, 6) is 1.19. The van der Waals surface area contributed by atoms with Crippen molar-refractivity contribution in [2.24, 2.45) is 0 Å². The van der Waals surface area contributed by atoms with Gasteiger partial charge in [0.1, 0.15) is 11.6 Å². The average molecular weight is 193 g/mol. The second-order valence-electron chi connectivity index (χ2n) is 3.11. The normalized spacial score (nSPS) is 12.1. The number of rotatable bonds is 4. The van der Waals surface area contributed by atoms with E-state index in [4.69, 9.17) is 11.5 Å². The molecule has 76 valence electrons. The van der Waals surface area contributed by atoms with E-state index in [1.807, 2.05) is 13.0 Å².